The summed E-state index contributed by atoms with van der Waals surface area (Å²) < 4.78 is 36.6. The zero-order valence-corrected chi connectivity index (χ0v) is 14.8. The molecule has 0 unspecified atom stereocenters. The lowest BCUT2D eigenvalue weighted by atomic mass is 9.98. The lowest BCUT2D eigenvalue weighted by Crippen LogP contribution is -2.26. The molecule has 138 valence electrons. The van der Waals surface area contributed by atoms with E-state index in [4.69, 9.17) is 4.42 Å². The van der Waals surface area contributed by atoms with Crippen LogP contribution in [0.2, 0.25) is 0 Å². The van der Waals surface area contributed by atoms with Crippen molar-refractivity contribution in [3.8, 4) is 11.1 Å². The first-order valence-corrected chi connectivity index (χ1v) is 9.04. The van der Waals surface area contributed by atoms with Crippen LogP contribution in [-0.4, -0.2) is 27.5 Å². The van der Waals surface area contributed by atoms with E-state index in [0.29, 0.717) is 22.6 Å². The average Bonchev–Trinajstić information content (AvgIpc) is 3.26. The van der Waals surface area contributed by atoms with E-state index in [1.54, 1.807) is 29.8 Å². The number of fused-ring (bicyclic) bond motifs is 2. The van der Waals surface area contributed by atoms with Gasteiger partial charge in [-0.1, -0.05) is 0 Å². The maximum absolute atomic E-state index is 14.7. The second kappa shape index (κ2) is 6.13. The van der Waals surface area contributed by atoms with Gasteiger partial charge >= 0.3 is 0 Å². The molecule has 0 aliphatic carbocycles. The molecule has 1 aromatic carbocycles. The Morgan fingerprint density at radius 2 is 1.81 bits per heavy atom. The van der Waals surface area contributed by atoms with Crippen LogP contribution in [0.4, 0.5) is 8.78 Å². The molecule has 0 saturated carbocycles. The molecular formula is C20H18F2N4O. The first-order chi connectivity index (χ1) is 13.1. The molecule has 0 spiro atoms. The van der Waals surface area contributed by atoms with Gasteiger partial charge < -0.3 is 14.1 Å². The molecule has 1 aliphatic rings. The van der Waals surface area contributed by atoms with E-state index in [1.807, 2.05) is 0 Å². The molecule has 1 fully saturated rings. The van der Waals surface area contributed by atoms with E-state index in [-0.39, 0.29) is 17.1 Å². The predicted molar refractivity (Wildman–Crippen MR) is 97.7 cm³/mol. The summed E-state index contributed by atoms with van der Waals surface area (Å²) in [7, 11) is 0. The lowest BCUT2D eigenvalue weighted by molar-refractivity contribution is 0.385. The maximum atomic E-state index is 14.7. The van der Waals surface area contributed by atoms with Crippen LogP contribution in [-0.2, 0) is 0 Å². The van der Waals surface area contributed by atoms with Gasteiger partial charge in [0.1, 0.15) is 5.52 Å². The van der Waals surface area contributed by atoms with E-state index in [0.717, 1.165) is 31.6 Å². The number of aryl methyl sites for hydroxylation is 1. The molecule has 0 amide bonds. The van der Waals surface area contributed by atoms with Gasteiger partial charge in [0, 0.05) is 23.9 Å². The van der Waals surface area contributed by atoms with Crippen molar-refractivity contribution >= 4 is 16.7 Å². The fraction of sp³-hybridized carbons (Fsp3) is 0.300. The molecule has 0 bridgehead atoms. The Kier molecular flexibility index (Phi) is 3.72. The summed E-state index contributed by atoms with van der Waals surface area (Å²) in [5.41, 5.74) is 2.69. The standard InChI is InChI=1S/C20H18F2N4O/c1-11-9-26-10-14(7-16(22)19(26)24-11)13-6-15(21)18-17(8-13)27-20(25-18)12-2-4-23-5-3-12/h6-10,12,23H,2-5H2,1H3. The van der Waals surface area contributed by atoms with Gasteiger partial charge in [-0.25, -0.2) is 18.7 Å². The van der Waals surface area contributed by atoms with Crippen molar-refractivity contribution in [1.29, 1.82) is 0 Å². The van der Waals surface area contributed by atoms with Gasteiger partial charge in [-0.2, -0.15) is 0 Å². The van der Waals surface area contributed by atoms with Gasteiger partial charge in [0.05, 0.1) is 5.69 Å². The summed E-state index contributed by atoms with van der Waals surface area (Å²) in [5, 5.41) is 3.30. The Morgan fingerprint density at radius 3 is 2.63 bits per heavy atom. The Morgan fingerprint density at radius 1 is 1.04 bits per heavy atom. The van der Waals surface area contributed by atoms with Crippen molar-refractivity contribution in [2.45, 2.75) is 25.7 Å². The van der Waals surface area contributed by atoms with Crippen molar-refractivity contribution in [2.75, 3.05) is 13.1 Å². The molecule has 27 heavy (non-hydrogen) atoms. The number of nitrogens with zero attached hydrogens (tertiary/aromatic N) is 3. The molecule has 1 N–H and O–H groups in total. The smallest absolute Gasteiger partial charge is 0.198 e. The van der Waals surface area contributed by atoms with Crippen molar-refractivity contribution in [2.24, 2.45) is 0 Å². The van der Waals surface area contributed by atoms with Gasteiger partial charge in [0.25, 0.3) is 0 Å². The van der Waals surface area contributed by atoms with Crippen LogP contribution in [0.25, 0.3) is 27.9 Å². The van der Waals surface area contributed by atoms with Crippen LogP contribution in [0.15, 0.2) is 35.0 Å². The number of hydrogen-bond acceptors (Lipinski definition) is 4. The van der Waals surface area contributed by atoms with Crippen LogP contribution in [0.3, 0.4) is 0 Å². The third-order valence-corrected chi connectivity index (χ3v) is 5.11. The predicted octanol–water partition coefficient (Wildman–Crippen LogP) is 4.20. The van der Waals surface area contributed by atoms with E-state index in [9.17, 15) is 8.78 Å². The minimum Gasteiger partial charge on any atom is -0.440 e. The van der Waals surface area contributed by atoms with E-state index in [1.165, 1.54) is 12.1 Å². The highest BCUT2D eigenvalue weighted by Gasteiger charge is 2.22. The van der Waals surface area contributed by atoms with Crippen molar-refractivity contribution in [3.63, 3.8) is 0 Å². The van der Waals surface area contributed by atoms with Crippen LogP contribution < -0.4 is 5.32 Å². The summed E-state index contributed by atoms with van der Waals surface area (Å²) in [6, 6.07) is 4.47. The van der Waals surface area contributed by atoms with Crippen molar-refractivity contribution < 1.29 is 13.2 Å². The minimum absolute atomic E-state index is 0.198. The number of benzene rings is 1. The van der Waals surface area contributed by atoms with E-state index < -0.39 is 11.6 Å². The Hall–Kier alpha value is -2.80. The fourth-order valence-electron chi connectivity index (χ4n) is 3.75. The molecule has 0 atom stereocenters. The first kappa shape index (κ1) is 16.4. The zero-order chi connectivity index (χ0) is 18.5. The highest BCUT2D eigenvalue weighted by atomic mass is 19.1. The maximum Gasteiger partial charge on any atom is 0.198 e. The minimum atomic E-state index is -0.464. The number of oxazole rings is 1. The van der Waals surface area contributed by atoms with Gasteiger partial charge in [0.2, 0.25) is 0 Å². The van der Waals surface area contributed by atoms with Crippen molar-refractivity contribution in [3.05, 3.63) is 53.8 Å². The molecule has 3 aromatic heterocycles. The Labute approximate surface area is 154 Å². The second-order valence-electron chi connectivity index (χ2n) is 7.07. The topological polar surface area (TPSA) is 55.4 Å². The number of halogens is 2. The van der Waals surface area contributed by atoms with E-state index >= 15 is 0 Å². The molecule has 7 heteroatoms. The molecular weight excluding hydrogens is 350 g/mol. The van der Waals surface area contributed by atoms with Gasteiger partial charge in [-0.3, -0.25) is 0 Å². The SMILES string of the molecule is Cc1cn2cc(-c3cc(F)c4nc(C5CCNCC5)oc4c3)cc(F)c2n1. The number of piperidine rings is 1. The van der Waals surface area contributed by atoms with E-state index in [2.05, 4.69) is 15.3 Å². The Balaban J connectivity index is 1.61. The number of pyridine rings is 1. The highest BCUT2D eigenvalue weighted by Crippen LogP contribution is 2.32. The summed E-state index contributed by atoms with van der Waals surface area (Å²) in [4.78, 5) is 8.53. The van der Waals surface area contributed by atoms with Crippen molar-refractivity contribution in [1.82, 2.24) is 19.7 Å². The monoisotopic (exact) mass is 368 g/mol. The zero-order valence-electron chi connectivity index (χ0n) is 14.8. The highest BCUT2D eigenvalue weighted by molar-refractivity contribution is 5.81. The molecule has 0 radical (unpaired) electrons. The molecule has 1 aliphatic heterocycles. The second-order valence-corrected chi connectivity index (χ2v) is 7.07. The molecule has 5 rings (SSSR count). The first-order valence-electron chi connectivity index (χ1n) is 9.04. The normalized spacial score (nSPS) is 15.8. The summed E-state index contributed by atoms with van der Waals surface area (Å²) in [6.07, 6.45) is 5.32. The third kappa shape index (κ3) is 2.78. The van der Waals surface area contributed by atoms with Crippen LogP contribution in [0.1, 0.15) is 30.3 Å². The average molecular weight is 368 g/mol. The quantitative estimate of drug-likeness (QED) is 0.576. The number of nitrogens with one attached hydrogen (secondary N) is 1. The number of aromatic nitrogens is 3. The van der Waals surface area contributed by atoms with Gasteiger partial charge in [-0.05, 0) is 56.6 Å². The van der Waals surface area contributed by atoms with Gasteiger partial charge in [0.15, 0.2) is 28.8 Å². The summed E-state index contributed by atoms with van der Waals surface area (Å²) >= 11 is 0. The number of hydrogen-bond donors (Lipinski definition) is 1. The lowest BCUT2D eigenvalue weighted by Gasteiger charge is -2.19. The Bertz CT molecular complexity index is 1160. The number of rotatable bonds is 2. The molecule has 4 aromatic rings. The molecule has 4 heterocycles. The van der Waals surface area contributed by atoms with Gasteiger partial charge in [-0.15, -0.1) is 0 Å². The van der Waals surface area contributed by atoms with Crippen LogP contribution in [0, 0.1) is 18.6 Å². The largest absolute Gasteiger partial charge is 0.440 e. The molecule has 1 saturated heterocycles. The number of imidazole rings is 1. The van der Waals surface area contributed by atoms with Crippen LogP contribution in [0.5, 0.6) is 0 Å². The summed E-state index contributed by atoms with van der Waals surface area (Å²) in [5.74, 6) is -0.138. The summed E-state index contributed by atoms with van der Waals surface area (Å²) in [6.45, 7) is 3.61. The third-order valence-electron chi connectivity index (χ3n) is 5.11. The van der Waals surface area contributed by atoms with Crippen LogP contribution >= 0.6 is 0 Å². The molecule has 5 nitrogen and oxygen atoms in total. The fourth-order valence-corrected chi connectivity index (χ4v) is 3.75.